The Morgan fingerprint density at radius 3 is 1.38 bits per heavy atom. The molecule has 0 aliphatic rings. The Kier molecular flexibility index (Phi) is 37.2. The Morgan fingerprint density at radius 2 is 0.875 bits per heavy atom. The van der Waals surface area contributed by atoms with Gasteiger partial charge in [-0.15, -0.1) is 0 Å². The van der Waals surface area contributed by atoms with E-state index in [2.05, 4.69) is 74.6 Å². The van der Waals surface area contributed by atoms with Gasteiger partial charge in [0.05, 0.1) is 0 Å². The zero-order valence-corrected chi connectivity index (χ0v) is 31.5. The third-order valence-electron chi connectivity index (χ3n) is 8.75. The van der Waals surface area contributed by atoms with Crippen molar-refractivity contribution >= 4 is 11.9 Å². The van der Waals surface area contributed by atoms with Crippen LogP contribution in [0, 0.1) is 0 Å². The van der Waals surface area contributed by atoms with Crippen molar-refractivity contribution < 1.29 is 19.4 Å². The average Bonchev–Trinajstić information content (AvgIpc) is 3.07. The van der Waals surface area contributed by atoms with Crippen LogP contribution in [0.25, 0.3) is 0 Å². The molecule has 1 unspecified atom stereocenters. The van der Waals surface area contributed by atoms with Gasteiger partial charge in [0.1, 0.15) is 6.10 Å². The van der Waals surface area contributed by atoms with E-state index in [1.165, 1.54) is 83.5 Å². The van der Waals surface area contributed by atoms with Crippen LogP contribution in [-0.2, 0) is 14.3 Å². The molecule has 0 radical (unpaired) electrons. The summed E-state index contributed by atoms with van der Waals surface area (Å²) in [6.45, 7) is 4.43. The van der Waals surface area contributed by atoms with Crippen LogP contribution in [0.3, 0.4) is 0 Å². The molecular weight excluding hydrogens is 592 g/mol. The summed E-state index contributed by atoms with van der Waals surface area (Å²) in [7, 11) is 0. The fourth-order valence-electron chi connectivity index (χ4n) is 5.80. The summed E-state index contributed by atoms with van der Waals surface area (Å²) >= 11 is 0. The number of unbranched alkanes of at least 4 members (excludes halogenated alkanes) is 17. The number of aliphatic carboxylic acids is 1. The molecule has 0 heterocycles. The second-order valence-corrected chi connectivity index (χ2v) is 13.4. The van der Waals surface area contributed by atoms with E-state index in [1.54, 1.807) is 0 Å². The highest BCUT2D eigenvalue weighted by Crippen LogP contribution is 2.18. The van der Waals surface area contributed by atoms with E-state index in [1.807, 2.05) is 0 Å². The van der Waals surface area contributed by atoms with Gasteiger partial charge >= 0.3 is 11.9 Å². The lowest BCUT2D eigenvalue weighted by Gasteiger charge is -2.18. The fraction of sp³-hybridized carbons (Fsp3) is 0.727. The van der Waals surface area contributed by atoms with Gasteiger partial charge in [0.15, 0.2) is 0 Å². The summed E-state index contributed by atoms with van der Waals surface area (Å²) in [5.41, 5.74) is 0. The number of hydrogen-bond acceptors (Lipinski definition) is 3. The molecule has 0 amide bonds. The van der Waals surface area contributed by atoms with Crippen LogP contribution >= 0.6 is 0 Å². The molecule has 4 heteroatoms. The smallest absolute Gasteiger partial charge is 0.306 e. The molecule has 276 valence electrons. The molecule has 0 aromatic carbocycles. The highest BCUT2D eigenvalue weighted by Gasteiger charge is 2.14. The van der Waals surface area contributed by atoms with E-state index in [-0.39, 0.29) is 18.5 Å². The van der Waals surface area contributed by atoms with Crippen molar-refractivity contribution in [3.8, 4) is 0 Å². The van der Waals surface area contributed by atoms with Crippen molar-refractivity contribution in [2.24, 2.45) is 0 Å². The van der Waals surface area contributed by atoms with Gasteiger partial charge in [0.2, 0.25) is 0 Å². The topological polar surface area (TPSA) is 63.6 Å². The zero-order valence-electron chi connectivity index (χ0n) is 31.5. The van der Waals surface area contributed by atoms with Crippen molar-refractivity contribution in [2.45, 2.75) is 206 Å². The van der Waals surface area contributed by atoms with Crippen LogP contribution < -0.4 is 0 Å². The number of carboxylic acids is 1. The molecule has 4 nitrogen and oxygen atoms in total. The van der Waals surface area contributed by atoms with Crippen LogP contribution in [0.2, 0.25) is 0 Å². The lowest BCUT2D eigenvalue weighted by molar-refractivity contribution is -0.150. The van der Waals surface area contributed by atoms with E-state index in [0.29, 0.717) is 12.8 Å². The maximum absolute atomic E-state index is 12.6. The summed E-state index contributed by atoms with van der Waals surface area (Å²) in [4.78, 5) is 23.4. The molecule has 0 rings (SSSR count). The van der Waals surface area contributed by atoms with Gasteiger partial charge in [-0.05, 0) is 83.5 Å². The average molecular weight is 669 g/mol. The summed E-state index contributed by atoms with van der Waals surface area (Å²) in [6, 6.07) is 0. The van der Waals surface area contributed by atoms with Crippen LogP contribution in [0.4, 0.5) is 0 Å². The molecule has 0 bridgehead atoms. The Hall–Kier alpha value is -2.36. The van der Waals surface area contributed by atoms with Gasteiger partial charge in [0, 0.05) is 12.8 Å². The Labute approximate surface area is 297 Å². The largest absolute Gasteiger partial charge is 0.481 e. The number of carbonyl (C=O) groups excluding carboxylic acids is 1. The minimum Gasteiger partial charge on any atom is -0.481 e. The first-order chi connectivity index (χ1) is 23.6. The maximum atomic E-state index is 12.6. The molecule has 1 N–H and O–H groups in total. The van der Waals surface area contributed by atoms with Crippen LogP contribution in [0.15, 0.2) is 60.8 Å². The number of rotatable bonds is 36. The molecule has 0 spiro atoms. The molecule has 0 aromatic rings. The first-order valence-corrected chi connectivity index (χ1v) is 20.3. The van der Waals surface area contributed by atoms with E-state index in [4.69, 9.17) is 9.84 Å². The summed E-state index contributed by atoms with van der Waals surface area (Å²) < 4.78 is 5.94. The second kappa shape index (κ2) is 39.1. The van der Waals surface area contributed by atoms with Gasteiger partial charge in [0.25, 0.3) is 0 Å². The lowest BCUT2D eigenvalue weighted by Crippen LogP contribution is -2.18. The summed E-state index contributed by atoms with van der Waals surface area (Å²) in [6.07, 6.45) is 53.8. The highest BCUT2D eigenvalue weighted by atomic mass is 16.5. The van der Waals surface area contributed by atoms with Gasteiger partial charge in [-0.3, -0.25) is 9.59 Å². The van der Waals surface area contributed by atoms with Crippen molar-refractivity contribution in [1.82, 2.24) is 0 Å². The van der Waals surface area contributed by atoms with Crippen molar-refractivity contribution in [2.75, 3.05) is 0 Å². The van der Waals surface area contributed by atoms with Crippen molar-refractivity contribution in [1.29, 1.82) is 0 Å². The second-order valence-electron chi connectivity index (χ2n) is 13.4. The zero-order chi connectivity index (χ0) is 35.0. The predicted molar refractivity (Wildman–Crippen MR) is 208 cm³/mol. The monoisotopic (exact) mass is 669 g/mol. The number of allylic oxidation sites excluding steroid dienone is 10. The number of carbonyl (C=O) groups is 2. The quantitative estimate of drug-likeness (QED) is 0.0410. The Morgan fingerprint density at radius 1 is 0.479 bits per heavy atom. The van der Waals surface area contributed by atoms with E-state index in [9.17, 15) is 9.59 Å². The third kappa shape index (κ3) is 38.1. The van der Waals surface area contributed by atoms with Crippen LogP contribution in [-0.4, -0.2) is 23.1 Å². The van der Waals surface area contributed by atoms with Gasteiger partial charge in [-0.2, -0.15) is 0 Å². The van der Waals surface area contributed by atoms with Crippen molar-refractivity contribution in [3.63, 3.8) is 0 Å². The fourth-order valence-corrected chi connectivity index (χ4v) is 5.80. The molecule has 0 aromatic heterocycles. The standard InChI is InChI=1S/C44H76O4/c1-3-5-7-9-11-13-15-16-17-18-19-20-21-22-23-24-26-28-30-32-37-41-44(47)48-42(39-35-33-36-40-43(45)46)38-34-31-29-27-25-14-12-10-8-6-4-2/h5,7,11,13,16-17,19-20,22-23,42H,3-4,6,8-10,12,14-15,18,21,24-41H2,1-2H3,(H,45,46)/b7-5-,13-11-,17-16-,20-19-,23-22-. The lowest BCUT2D eigenvalue weighted by atomic mass is 10.0. The number of carboxylic acid groups (broad SMARTS) is 1. The molecule has 0 aliphatic heterocycles. The number of esters is 1. The minimum absolute atomic E-state index is 0.00985. The van der Waals surface area contributed by atoms with E-state index >= 15 is 0 Å². The molecule has 0 saturated heterocycles. The summed E-state index contributed by atoms with van der Waals surface area (Å²) in [5.74, 6) is -0.777. The summed E-state index contributed by atoms with van der Waals surface area (Å²) in [5, 5.41) is 8.89. The number of hydrogen-bond donors (Lipinski definition) is 1. The SMILES string of the molecule is CC/C=C\C/C=C\C/C=C\C/C=C\C/C=C\CCCCCCCC(=O)OC(CCCCCCCCCCCCC)CCCCCC(=O)O. The van der Waals surface area contributed by atoms with Gasteiger partial charge in [-0.1, -0.05) is 164 Å². The number of ether oxygens (including phenoxy) is 1. The van der Waals surface area contributed by atoms with Crippen molar-refractivity contribution in [3.05, 3.63) is 60.8 Å². The molecule has 48 heavy (non-hydrogen) atoms. The van der Waals surface area contributed by atoms with Crippen LogP contribution in [0.1, 0.15) is 200 Å². The highest BCUT2D eigenvalue weighted by molar-refractivity contribution is 5.69. The Bertz CT molecular complexity index is 850. The molecule has 0 saturated carbocycles. The van der Waals surface area contributed by atoms with Gasteiger partial charge in [-0.25, -0.2) is 0 Å². The maximum Gasteiger partial charge on any atom is 0.306 e. The first-order valence-electron chi connectivity index (χ1n) is 20.3. The molecular formula is C44H76O4. The van der Waals surface area contributed by atoms with Crippen LogP contribution in [0.5, 0.6) is 0 Å². The van der Waals surface area contributed by atoms with Gasteiger partial charge < -0.3 is 9.84 Å². The molecule has 0 fully saturated rings. The first kappa shape index (κ1) is 45.6. The third-order valence-corrected chi connectivity index (χ3v) is 8.75. The Balaban J connectivity index is 3.96. The predicted octanol–water partition coefficient (Wildman–Crippen LogP) is 14.1. The molecule has 0 aliphatic carbocycles. The molecule has 1 atom stereocenters. The normalized spacial score (nSPS) is 12.9. The van der Waals surface area contributed by atoms with E-state index < -0.39 is 5.97 Å². The minimum atomic E-state index is -0.729. The van der Waals surface area contributed by atoms with E-state index in [0.717, 1.165) is 83.5 Å².